The number of para-hydroxylation sites is 1. The van der Waals surface area contributed by atoms with E-state index in [-0.39, 0.29) is 11.5 Å². The number of methoxy groups -OCH3 is 1. The molecule has 1 N–H and O–H groups in total. The molecular weight excluding hydrogens is 327 g/mol. The number of ether oxygens (including phenoxy) is 1. The molecule has 1 aromatic carbocycles. The van der Waals surface area contributed by atoms with Crippen molar-refractivity contribution in [2.75, 3.05) is 7.11 Å². The first kappa shape index (κ1) is 16.6. The molecule has 0 aliphatic rings. The van der Waals surface area contributed by atoms with E-state index in [9.17, 15) is 9.18 Å². The molecule has 128 valence electrons. The number of carbonyl (C=O) groups is 1. The largest absolute Gasteiger partial charge is 0.496 e. The Labute approximate surface area is 142 Å². The van der Waals surface area contributed by atoms with E-state index in [0.717, 1.165) is 12.3 Å². The molecule has 2 heterocycles. The van der Waals surface area contributed by atoms with Gasteiger partial charge in [0.1, 0.15) is 11.8 Å². The predicted molar refractivity (Wildman–Crippen MR) is 86.4 cm³/mol. The Balaban J connectivity index is 1.75. The van der Waals surface area contributed by atoms with E-state index in [4.69, 9.17) is 9.26 Å². The second-order valence-corrected chi connectivity index (χ2v) is 5.22. The highest BCUT2D eigenvalue weighted by Crippen LogP contribution is 2.27. The summed E-state index contributed by atoms with van der Waals surface area (Å²) in [5.41, 5.74) is 0.916. The lowest BCUT2D eigenvalue weighted by atomic mass is 10.2. The highest BCUT2D eigenvalue weighted by Gasteiger charge is 2.19. The van der Waals surface area contributed by atoms with Crippen molar-refractivity contribution in [1.29, 1.82) is 0 Å². The average Bonchev–Trinajstić information content (AvgIpc) is 3.12. The quantitative estimate of drug-likeness (QED) is 0.717. The number of hydrogen-bond donors (Lipinski definition) is 1. The average molecular weight is 342 g/mol. The minimum absolute atomic E-state index is 0.234. The minimum atomic E-state index is -0.650. The third-order valence-corrected chi connectivity index (χ3v) is 3.50. The number of pyridine rings is 1. The smallest absolute Gasteiger partial charge is 0.253 e. The van der Waals surface area contributed by atoms with Crippen molar-refractivity contribution in [3.8, 4) is 17.1 Å². The van der Waals surface area contributed by atoms with E-state index in [2.05, 4.69) is 20.4 Å². The Morgan fingerprint density at radius 3 is 2.80 bits per heavy atom. The van der Waals surface area contributed by atoms with Gasteiger partial charge in [-0.3, -0.25) is 4.79 Å². The Hall–Kier alpha value is -3.29. The first-order valence-electron chi connectivity index (χ1n) is 7.48. The number of carbonyl (C=O) groups excluding carboxylic acids is 1. The second-order valence-electron chi connectivity index (χ2n) is 5.22. The van der Waals surface area contributed by atoms with Gasteiger partial charge >= 0.3 is 0 Å². The van der Waals surface area contributed by atoms with Crippen LogP contribution in [-0.4, -0.2) is 28.1 Å². The summed E-state index contributed by atoms with van der Waals surface area (Å²) >= 11 is 0. The van der Waals surface area contributed by atoms with E-state index >= 15 is 0 Å². The standard InChI is InChI=1S/C17H15FN4O3/c1-10(20-16(23)11-7-8-14(18)19-9-11)17-21-15(22-25-17)12-5-3-4-6-13(12)24-2/h3-10H,1-2H3,(H,20,23)/t10-/m0/s1. The summed E-state index contributed by atoms with van der Waals surface area (Å²) in [5.74, 6) is 0.144. The van der Waals surface area contributed by atoms with Crippen molar-refractivity contribution in [2.45, 2.75) is 13.0 Å². The summed E-state index contributed by atoms with van der Waals surface area (Å²) in [4.78, 5) is 19.9. The summed E-state index contributed by atoms with van der Waals surface area (Å²) in [7, 11) is 1.55. The van der Waals surface area contributed by atoms with Gasteiger partial charge in [0, 0.05) is 6.20 Å². The molecule has 1 atom stereocenters. The summed E-state index contributed by atoms with van der Waals surface area (Å²) < 4.78 is 23.3. The van der Waals surface area contributed by atoms with E-state index in [1.165, 1.54) is 6.07 Å². The molecule has 8 heteroatoms. The van der Waals surface area contributed by atoms with Crippen molar-refractivity contribution < 1.29 is 18.4 Å². The molecule has 0 fully saturated rings. The lowest BCUT2D eigenvalue weighted by Gasteiger charge is -2.09. The minimum Gasteiger partial charge on any atom is -0.496 e. The van der Waals surface area contributed by atoms with Crippen LogP contribution in [0.3, 0.4) is 0 Å². The van der Waals surface area contributed by atoms with Gasteiger partial charge in [-0.2, -0.15) is 9.37 Å². The van der Waals surface area contributed by atoms with Gasteiger partial charge in [-0.15, -0.1) is 0 Å². The second kappa shape index (κ2) is 7.08. The lowest BCUT2D eigenvalue weighted by Crippen LogP contribution is -2.27. The number of halogens is 1. The zero-order valence-corrected chi connectivity index (χ0v) is 13.6. The molecule has 0 aliphatic heterocycles. The molecule has 0 unspecified atom stereocenters. The number of nitrogens with zero attached hydrogens (tertiary/aromatic N) is 3. The molecule has 7 nitrogen and oxygen atoms in total. The van der Waals surface area contributed by atoms with E-state index < -0.39 is 17.9 Å². The van der Waals surface area contributed by atoms with Gasteiger partial charge in [-0.25, -0.2) is 4.98 Å². The normalized spacial score (nSPS) is 11.8. The van der Waals surface area contributed by atoms with Crippen LogP contribution >= 0.6 is 0 Å². The van der Waals surface area contributed by atoms with Crippen molar-refractivity contribution in [2.24, 2.45) is 0 Å². The molecule has 0 spiro atoms. The van der Waals surface area contributed by atoms with Gasteiger partial charge < -0.3 is 14.6 Å². The van der Waals surface area contributed by atoms with Crippen LogP contribution in [0, 0.1) is 5.95 Å². The van der Waals surface area contributed by atoms with Crippen LogP contribution in [-0.2, 0) is 0 Å². The van der Waals surface area contributed by atoms with Crippen molar-refractivity contribution in [1.82, 2.24) is 20.4 Å². The summed E-state index contributed by atoms with van der Waals surface area (Å²) in [6.45, 7) is 1.70. The molecular formula is C17H15FN4O3. The Morgan fingerprint density at radius 1 is 1.28 bits per heavy atom. The number of amides is 1. The van der Waals surface area contributed by atoms with Gasteiger partial charge in [0.15, 0.2) is 0 Å². The van der Waals surface area contributed by atoms with Crippen molar-refractivity contribution >= 4 is 5.91 Å². The molecule has 25 heavy (non-hydrogen) atoms. The van der Waals surface area contributed by atoms with Gasteiger partial charge in [-0.05, 0) is 31.2 Å². The molecule has 3 aromatic rings. The maximum absolute atomic E-state index is 12.8. The molecule has 0 radical (unpaired) electrons. The number of hydrogen-bond acceptors (Lipinski definition) is 6. The van der Waals surface area contributed by atoms with Crippen LogP contribution in [0.5, 0.6) is 5.75 Å². The third kappa shape index (κ3) is 3.63. The Bertz CT molecular complexity index is 880. The predicted octanol–water partition coefficient (Wildman–Crippen LogP) is 2.77. The molecule has 3 rings (SSSR count). The highest BCUT2D eigenvalue weighted by atomic mass is 19.1. The SMILES string of the molecule is COc1ccccc1-c1noc([C@H](C)NC(=O)c2ccc(F)nc2)n1. The molecule has 2 aromatic heterocycles. The number of benzene rings is 1. The maximum atomic E-state index is 12.8. The Kier molecular flexibility index (Phi) is 4.69. The fourth-order valence-electron chi connectivity index (χ4n) is 2.20. The molecule has 0 aliphatic carbocycles. The zero-order chi connectivity index (χ0) is 17.8. The molecule has 1 amide bonds. The van der Waals surface area contributed by atoms with Gasteiger partial charge in [0.2, 0.25) is 17.7 Å². The Morgan fingerprint density at radius 2 is 2.08 bits per heavy atom. The monoisotopic (exact) mass is 342 g/mol. The van der Waals surface area contributed by atoms with E-state index in [1.54, 1.807) is 26.2 Å². The van der Waals surface area contributed by atoms with E-state index in [1.807, 2.05) is 12.1 Å². The van der Waals surface area contributed by atoms with E-state index in [0.29, 0.717) is 17.1 Å². The topological polar surface area (TPSA) is 90.1 Å². The zero-order valence-electron chi connectivity index (χ0n) is 13.6. The van der Waals surface area contributed by atoms with Gasteiger partial charge in [-0.1, -0.05) is 17.3 Å². The number of nitrogens with one attached hydrogen (secondary N) is 1. The highest BCUT2D eigenvalue weighted by molar-refractivity contribution is 5.94. The maximum Gasteiger partial charge on any atom is 0.253 e. The summed E-state index contributed by atoms with van der Waals surface area (Å²) in [6.07, 6.45) is 1.16. The van der Waals surface area contributed by atoms with Crippen molar-refractivity contribution in [3.05, 3.63) is 60.0 Å². The van der Waals surface area contributed by atoms with Gasteiger partial charge in [0.25, 0.3) is 5.91 Å². The molecule has 0 saturated heterocycles. The van der Waals surface area contributed by atoms with Crippen LogP contribution in [0.1, 0.15) is 29.2 Å². The van der Waals surface area contributed by atoms with Crippen LogP contribution < -0.4 is 10.1 Å². The van der Waals surface area contributed by atoms with Crippen LogP contribution in [0.4, 0.5) is 4.39 Å². The fraction of sp³-hybridized carbons (Fsp3) is 0.176. The lowest BCUT2D eigenvalue weighted by molar-refractivity contribution is 0.0932. The first-order chi connectivity index (χ1) is 12.1. The summed E-state index contributed by atoms with van der Waals surface area (Å²) in [6, 6.07) is 9.20. The summed E-state index contributed by atoms with van der Waals surface area (Å²) in [5, 5.41) is 6.62. The number of aromatic nitrogens is 3. The first-order valence-corrected chi connectivity index (χ1v) is 7.48. The fourth-order valence-corrected chi connectivity index (χ4v) is 2.20. The molecule has 0 saturated carbocycles. The van der Waals surface area contributed by atoms with Gasteiger partial charge in [0.05, 0.1) is 18.2 Å². The third-order valence-electron chi connectivity index (χ3n) is 3.50. The van der Waals surface area contributed by atoms with Crippen LogP contribution in [0.15, 0.2) is 47.1 Å². The van der Waals surface area contributed by atoms with Crippen LogP contribution in [0.25, 0.3) is 11.4 Å². The molecule has 0 bridgehead atoms. The van der Waals surface area contributed by atoms with Crippen LogP contribution in [0.2, 0.25) is 0 Å². The number of rotatable bonds is 5. The van der Waals surface area contributed by atoms with Crippen molar-refractivity contribution in [3.63, 3.8) is 0 Å².